The molecule has 0 spiro atoms. The van der Waals surface area contributed by atoms with Crippen LogP contribution in [0, 0.1) is 0 Å². The minimum absolute atomic E-state index is 0.122. The number of aliphatic imine (C=N–C) groups is 1. The molecule has 0 saturated carbocycles. The molecule has 1 aliphatic rings. The van der Waals surface area contributed by atoms with Crippen molar-refractivity contribution in [2.45, 2.75) is 142 Å². The van der Waals surface area contributed by atoms with E-state index >= 15 is 0 Å². The maximum Gasteiger partial charge on any atom is 0.100 e. The highest BCUT2D eigenvalue weighted by Gasteiger charge is 2.18. The highest BCUT2D eigenvalue weighted by Crippen LogP contribution is 2.15. The van der Waals surface area contributed by atoms with Crippen molar-refractivity contribution < 1.29 is 0 Å². The van der Waals surface area contributed by atoms with E-state index < -0.39 is 0 Å². The van der Waals surface area contributed by atoms with Gasteiger partial charge in [-0.2, -0.15) is 0 Å². The summed E-state index contributed by atoms with van der Waals surface area (Å²) in [4.78, 5) is 6.89. The topological polar surface area (TPSA) is 41.6 Å². The van der Waals surface area contributed by atoms with Crippen LogP contribution in [0.25, 0.3) is 0 Å². The van der Waals surface area contributed by atoms with Crippen LogP contribution in [-0.2, 0) is 0 Å². The van der Waals surface area contributed by atoms with Crippen molar-refractivity contribution in [3.05, 3.63) is 0 Å². The van der Waals surface area contributed by atoms with E-state index in [-0.39, 0.29) is 6.17 Å². The normalized spacial score (nSPS) is 15.2. The Morgan fingerprint density at radius 3 is 1.50 bits per heavy atom. The zero-order valence-electron chi connectivity index (χ0n) is 19.4. The lowest BCUT2D eigenvalue weighted by molar-refractivity contribution is 0.358. The standard InChI is InChI=1S/C25H51N3/c1-3-4-5-6-7-8-9-10-11-12-13-14-15-16-17-18-19-20-21-25-27-22-23-28(25)24(2)26/h24H,3-23,26H2,1-2H3. The van der Waals surface area contributed by atoms with Crippen LogP contribution >= 0.6 is 0 Å². The summed E-state index contributed by atoms with van der Waals surface area (Å²) in [5.41, 5.74) is 6.00. The molecule has 1 unspecified atom stereocenters. The quantitative estimate of drug-likeness (QED) is 0.218. The van der Waals surface area contributed by atoms with Gasteiger partial charge in [0, 0.05) is 13.0 Å². The smallest absolute Gasteiger partial charge is 0.100 e. The molecule has 1 heterocycles. The molecule has 0 radical (unpaired) electrons. The average molecular weight is 394 g/mol. The van der Waals surface area contributed by atoms with E-state index in [0.717, 1.165) is 19.5 Å². The van der Waals surface area contributed by atoms with Gasteiger partial charge >= 0.3 is 0 Å². The molecule has 1 rings (SSSR count). The van der Waals surface area contributed by atoms with E-state index in [2.05, 4.69) is 23.7 Å². The van der Waals surface area contributed by atoms with Gasteiger partial charge in [0.1, 0.15) is 5.84 Å². The highest BCUT2D eigenvalue weighted by molar-refractivity contribution is 5.83. The van der Waals surface area contributed by atoms with Gasteiger partial charge in [0.2, 0.25) is 0 Å². The van der Waals surface area contributed by atoms with Crippen LogP contribution in [0.2, 0.25) is 0 Å². The Kier molecular flexibility index (Phi) is 16.8. The summed E-state index contributed by atoms with van der Waals surface area (Å²) in [5.74, 6) is 1.26. The second-order valence-corrected chi connectivity index (χ2v) is 8.99. The molecule has 3 nitrogen and oxygen atoms in total. The molecule has 0 bridgehead atoms. The summed E-state index contributed by atoms with van der Waals surface area (Å²) in [6, 6.07) is 0. The number of unbranched alkanes of at least 4 members (excludes halogenated alkanes) is 17. The Morgan fingerprint density at radius 1 is 0.714 bits per heavy atom. The first-order chi connectivity index (χ1) is 13.8. The van der Waals surface area contributed by atoms with Crippen LogP contribution in [-0.4, -0.2) is 30.0 Å². The summed E-state index contributed by atoms with van der Waals surface area (Å²) >= 11 is 0. The van der Waals surface area contributed by atoms with Crippen LogP contribution in [0.4, 0.5) is 0 Å². The lowest BCUT2D eigenvalue weighted by Gasteiger charge is -2.24. The van der Waals surface area contributed by atoms with E-state index in [4.69, 9.17) is 5.73 Å². The molecule has 166 valence electrons. The SMILES string of the molecule is CCCCCCCCCCCCCCCCCCCCC1=NCCN1C(C)N. The van der Waals surface area contributed by atoms with Gasteiger partial charge in [-0.05, 0) is 13.3 Å². The van der Waals surface area contributed by atoms with Gasteiger partial charge in [-0.15, -0.1) is 0 Å². The first kappa shape index (κ1) is 25.5. The maximum absolute atomic E-state index is 6.00. The van der Waals surface area contributed by atoms with E-state index in [1.807, 2.05) is 0 Å². The zero-order chi connectivity index (χ0) is 20.3. The number of amidine groups is 1. The molecule has 2 N–H and O–H groups in total. The number of hydrogen-bond donors (Lipinski definition) is 1. The van der Waals surface area contributed by atoms with Crippen LogP contribution in [0.3, 0.4) is 0 Å². The van der Waals surface area contributed by atoms with Crippen molar-refractivity contribution in [1.29, 1.82) is 0 Å². The Labute approximate surface area is 176 Å². The molecule has 0 aromatic carbocycles. The van der Waals surface area contributed by atoms with Gasteiger partial charge in [0.15, 0.2) is 0 Å². The molecule has 0 aromatic rings. The Bertz CT molecular complexity index is 365. The third-order valence-electron chi connectivity index (χ3n) is 6.21. The van der Waals surface area contributed by atoms with E-state index in [9.17, 15) is 0 Å². The molecule has 0 saturated heterocycles. The second kappa shape index (κ2) is 18.5. The Morgan fingerprint density at radius 2 is 1.11 bits per heavy atom. The van der Waals surface area contributed by atoms with E-state index in [0.29, 0.717) is 0 Å². The third kappa shape index (κ3) is 13.6. The average Bonchev–Trinajstić information content (AvgIpc) is 3.16. The van der Waals surface area contributed by atoms with E-state index in [1.54, 1.807) is 0 Å². The fourth-order valence-corrected chi connectivity index (χ4v) is 4.35. The van der Waals surface area contributed by atoms with Crippen molar-refractivity contribution in [2.75, 3.05) is 13.1 Å². The molecule has 0 aromatic heterocycles. The van der Waals surface area contributed by atoms with Gasteiger partial charge in [0.05, 0.1) is 12.7 Å². The van der Waals surface area contributed by atoms with Crippen molar-refractivity contribution >= 4 is 5.84 Å². The lowest BCUT2D eigenvalue weighted by atomic mass is 10.0. The van der Waals surface area contributed by atoms with Gasteiger partial charge < -0.3 is 10.6 Å². The monoisotopic (exact) mass is 393 g/mol. The number of nitrogens with zero attached hydrogens (tertiary/aromatic N) is 2. The van der Waals surface area contributed by atoms with Crippen molar-refractivity contribution in [1.82, 2.24) is 4.90 Å². The summed E-state index contributed by atoms with van der Waals surface area (Å²) < 4.78 is 0. The minimum Gasteiger partial charge on any atom is -0.343 e. The van der Waals surface area contributed by atoms with Crippen LogP contribution in [0.5, 0.6) is 0 Å². The molecular weight excluding hydrogens is 342 g/mol. The predicted molar refractivity (Wildman–Crippen MR) is 126 cm³/mol. The summed E-state index contributed by atoms with van der Waals surface area (Å²) in [7, 11) is 0. The number of nitrogens with two attached hydrogens (primary N) is 1. The molecule has 1 aliphatic heterocycles. The van der Waals surface area contributed by atoms with Crippen molar-refractivity contribution in [2.24, 2.45) is 10.7 Å². The first-order valence-corrected chi connectivity index (χ1v) is 12.8. The fourth-order valence-electron chi connectivity index (χ4n) is 4.35. The first-order valence-electron chi connectivity index (χ1n) is 12.8. The summed E-state index contributed by atoms with van der Waals surface area (Å²) in [5, 5.41) is 0. The number of hydrogen-bond acceptors (Lipinski definition) is 3. The van der Waals surface area contributed by atoms with Gasteiger partial charge in [-0.1, -0.05) is 116 Å². The largest absolute Gasteiger partial charge is 0.343 e. The van der Waals surface area contributed by atoms with Crippen LogP contribution in [0.15, 0.2) is 4.99 Å². The highest BCUT2D eigenvalue weighted by atomic mass is 15.3. The maximum atomic E-state index is 6.00. The molecule has 3 heteroatoms. The summed E-state index contributed by atoms with van der Waals surface area (Å²) in [6.45, 7) is 6.32. The van der Waals surface area contributed by atoms with E-state index in [1.165, 1.54) is 121 Å². The van der Waals surface area contributed by atoms with Gasteiger partial charge in [-0.3, -0.25) is 4.99 Å². The van der Waals surface area contributed by atoms with Crippen LogP contribution < -0.4 is 5.73 Å². The third-order valence-corrected chi connectivity index (χ3v) is 6.21. The molecular formula is C25H51N3. The van der Waals surface area contributed by atoms with Gasteiger partial charge in [0.25, 0.3) is 0 Å². The molecule has 1 atom stereocenters. The van der Waals surface area contributed by atoms with Crippen LogP contribution in [0.1, 0.15) is 136 Å². The fraction of sp³-hybridized carbons (Fsp3) is 0.960. The summed E-state index contributed by atoms with van der Waals surface area (Å²) in [6.07, 6.45) is 27.0. The molecule has 0 amide bonds. The molecule has 28 heavy (non-hydrogen) atoms. The zero-order valence-corrected chi connectivity index (χ0v) is 19.4. The second-order valence-electron chi connectivity index (χ2n) is 8.99. The van der Waals surface area contributed by atoms with Crippen molar-refractivity contribution in [3.8, 4) is 0 Å². The molecule has 0 aliphatic carbocycles. The molecule has 0 fully saturated rings. The lowest BCUT2D eigenvalue weighted by Crippen LogP contribution is -2.41. The predicted octanol–water partition coefficient (Wildman–Crippen LogP) is 7.44. The Hall–Kier alpha value is -0.570. The minimum atomic E-state index is 0.122. The van der Waals surface area contributed by atoms with Gasteiger partial charge in [-0.25, -0.2) is 0 Å². The Balaban J connectivity index is 1.73. The number of rotatable bonds is 20. The van der Waals surface area contributed by atoms with Crippen molar-refractivity contribution in [3.63, 3.8) is 0 Å².